The topological polar surface area (TPSA) is 96.3 Å². The highest BCUT2D eigenvalue weighted by atomic mass is 16.5. The number of anilines is 1. The van der Waals surface area contributed by atoms with Crippen molar-refractivity contribution < 1.29 is 23.9 Å². The number of rotatable bonds is 3. The normalized spacial score (nSPS) is 22.5. The first-order valence-electron chi connectivity index (χ1n) is 7.45. The number of amides is 3. The van der Waals surface area contributed by atoms with E-state index in [4.69, 9.17) is 4.74 Å². The zero-order chi connectivity index (χ0) is 17.4. The average molecular weight is 329 g/mol. The van der Waals surface area contributed by atoms with E-state index in [1.165, 1.54) is 6.92 Å². The number of imide groups is 1. The number of nitrogens with zero attached hydrogens (tertiary/aromatic N) is 3. The molecule has 1 aromatic rings. The number of benzene rings is 1. The third-order valence-corrected chi connectivity index (χ3v) is 3.87. The quantitative estimate of drug-likeness (QED) is 0.588. The second-order valence-electron chi connectivity index (χ2n) is 5.34. The second kappa shape index (κ2) is 5.88. The van der Waals surface area contributed by atoms with Gasteiger partial charge in [-0.1, -0.05) is 18.2 Å². The molecule has 8 nitrogen and oxygen atoms in total. The fourth-order valence-electron chi connectivity index (χ4n) is 2.88. The van der Waals surface area contributed by atoms with Gasteiger partial charge in [-0.3, -0.25) is 14.4 Å². The van der Waals surface area contributed by atoms with E-state index in [2.05, 4.69) is 5.10 Å². The molecule has 1 fully saturated rings. The lowest BCUT2D eigenvalue weighted by Crippen LogP contribution is -2.41. The molecule has 3 amide bonds. The molecule has 2 aliphatic rings. The number of hydrazone groups is 1. The molecule has 2 heterocycles. The number of carbonyl (C=O) groups excluding carboxylic acids is 4. The van der Waals surface area contributed by atoms with Crippen molar-refractivity contribution in [1.82, 2.24) is 5.01 Å². The predicted molar refractivity (Wildman–Crippen MR) is 82.8 cm³/mol. The summed E-state index contributed by atoms with van der Waals surface area (Å²) in [6.45, 7) is 2.93. The van der Waals surface area contributed by atoms with Gasteiger partial charge < -0.3 is 4.74 Å². The van der Waals surface area contributed by atoms with Gasteiger partial charge in [0.2, 0.25) is 11.8 Å². The molecule has 0 bridgehead atoms. The number of hydrogen-bond acceptors (Lipinski definition) is 6. The number of esters is 1. The molecule has 0 N–H and O–H groups in total. The van der Waals surface area contributed by atoms with Crippen LogP contribution in [0, 0.1) is 5.92 Å². The van der Waals surface area contributed by atoms with Crippen LogP contribution in [0.2, 0.25) is 0 Å². The van der Waals surface area contributed by atoms with Crippen molar-refractivity contribution in [2.75, 3.05) is 11.5 Å². The Morgan fingerprint density at radius 3 is 2.42 bits per heavy atom. The summed E-state index contributed by atoms with van der Waals surface area (Å²) in [5.74, 6) is -3.64. The largest absolute Gasteiger partial charge is 0.461 e. The van der Waals surface area contributed by atoms with Gasteiger partial charge in [-0.2, -0.15) is 5.10 Å². The molecule has 24 heavy (non-hydrogen) atoms. The van der Waals surface area contributed by atoms with Crippen molar-refractivity contribution >= 4 is 35.1 Å². The average Bonchev–Trinajstić information content (AvgIpc) is 3.07. The van der Waals surface area contributed by atoms with Crippen LogP contribution in [-0.2, 0) is 23.9 Å². The highest BCUT2D eigenvalue weighted by molar-refractivity contribution is 6.47. The molecule has 1 saturated heterocycles. The smallest absolute Gasteiger partial charge is 0.355 e. The number of para-hydroxylation sites is 1. The maximum absolute atomic E-state index is 12.8. The van der Waals surface area contributed by atoms with E-state index in [0.29, 0.717) is 5.69 Å². The van der Waals surface area contributed by atoms with Crippen molar-refractivity contribution in [3.05, 3.63) is 30.3 Å². The van der Waals surface area contributed by atoms with Gasteiger partial charge in [0.15, 0.2) is 11.8 Å². The van der Waals surface area contributed by atoms with Gasteiger partial charge in [0.1, 0.15) is 5.92 Å². The van der Waals surface area contributed by atoms with Crippen LogP contribution in [0.3, 0.4) is 0 Å². The van der Waals surface area contributed by atoms with E-state index < -0.39 is 35.7 Å². The predicted octanol–water partition coefficient (Wildman–Crippen LogP) is 0.326. The molecule has 0 aromatic heterocycles. The van der Waals surface area contributed by atoms with Gasteiger partial charge in [-0.25, -0.2) is 14.7 Å². The second-order valence-corrected chi connectivity index (χ2v) is 5.34. The minimum atomic E-state index is -1.14. The van der Waals surface area contributed by atoms with Crippen molar-refractivity contribution in [2.45, 2.75) is 19.9 Å². The first-order valence-corrected chi connectivity index (χ1v) is 7.45. The molecule has 2 aliphatic heterocycles. The van der Waals surface area contributed by atoms with E-state index in [0.717, 1.165) is 9.91 Å². The third kappa shape index (κ3) is 2.27. The summed E-state index contributed by atoms with van der Waals surface area (Å²) in [6, 6.07) is 7.20. The van der Waals surface area contributed by atoms with Crippen molar-refractivity contribution in [3.63, 3.8) is 0 Å². The maximum atomic E-state index is 12.8. The van der Waals surface area contributed by atoms with Crippen LogP contribution < -0.4 is 4.90 Å². The Morgan fingerprint density at radius 2 is 1.83 bits per heavy atom. The van der Waals surface area contributed by atoms with E-state index in [1.54, 1.807) is 37.3 Å². The zero-order valence-corrected chi connectivity index (χ0v) is 13.1. The number of fused-ring (bicyclic) bond motifs is 1. The summed E-state index contributed by atoms with van der Waals surface area (Å²) >= 11 is 0. The summed E-state index contributed by atoms with van der Waals surface area (Å²) in [7, 11) is 0. The van der Waals surface area contributed by atoms with Gasteiger partial charge in [-0.15, -0.1) is 0 Å². The Bertz CT molecular complexity index is 758. The highest BCUT2D eigenvalue weighted by Gasteiger charge is 2.59. The molecule has 1 aromatic carbocycles. The number of carbonyl (C=O) groups is 4. The molecule has 8 heteroatoms. The first kappa shape index (κ1) is 15.9. The molecule has 0 spiro atoms. The first-order chi connectivity index (χ1) is 11.5. The van der Waals surface area contributed by atoms with E-state index in [-0.39, 0.29) is 12.3 Å². The molecule has 3 rings (SSSR count). The maximum Gasteiger partial charge on any atom is 0.355 e. The molecule has 0 saturated carbocycles. The fraction of sp³-hybridized carbons (Fsp3) is 0.312. The molecular weight excluding hydrogens is 314 g/mol. The van der Waals surface area contributed by atoms with E-state index in [1.807, 2.05) is 0 Å². The monoisotopic (exact) mass is 329 g/mol. The molecule has 124 valence electrons. The Morgan fingerprint density at radius 1 is 1.17 bits per heavy atom. The van der Waals surface area contributed by atoms with Gasteiger partial charge in [0, 0.05) is 6.92 Å². The molecule has 2 atom stereocenters. The van der Waals surface area contributed by atoms with Crippen molar-refractivity contribution in [1.29, 1.82) is 0 Å². The Balaban J connectivity index is 2.03. The van der Waals surface area contributed by atoms with Crippen LogP contribution in [0.25, 0.3) is 0 Å². The number of hydrogen-bond donors (Lipinski definition) is 0. The molecule has 2 unspecified atom stereocenters. The number of ether oxygens (including phenoxy) is 1. The van der Waals surface area contributed by atoms with Gasteiger partial charge >= 0.3 is 5.97 Å². The van der Waals surface area contributed by atoms with Crippen LogP contribution in [0.4, 0.5) is 5.69 Å². The Hall–Kier alpha value is -3.03. The summed E-state index contributed by atoms with van der Waals surface area (Å²) in [4.78, 5) is 50.3. The van der Waals surface area contributed by atoms with Crippen LogP contribution in [0.15, 0.2) is 35.4 Å². The summed E-state index contributed by atoms with van der Waals surface area (Å²) < 4.78 is 4.90. The summed E-state index contributed by atoms with van der Waals surface area (Å²) in [6.07, 6.45) is 0. The van der Waals surface area contributed by atoms with Crippen LogP contribution in [0.1, 0.15) is 13.8 Å². The third-order valence-electron chi connectivity index (χ3n) is 3.87. The molecule has 0 radical (unpaired) electrons. The lowest BCUT2D eigenvalue weighted by molar-refractivity contribution is -0.136. The zero-order valence-electron chi connectivity index (χ0n) is 13.1. The van der Waals surface area contributed by atoms with Gasteiger partial charge in [-0.05, 0) is 19.1 Å². The highest BCUT2D eigenvalue weighted by Crippen LogP contribution is 2.35. The minimum Gasteiger partial charge on any atom is -0.461 e. The van der Waals surface area contributed by atoms with Crippen molar-refractivity contribution in [3.8, 4) is 0 Å². The van der Waals surface area contributed by atoms with E-state index >= 15 is 0 Å². The molecule has 0 aliphatic carbocycles. The van der Waals surface area contributed by atoms with Gasteiger partial charge in [0.05, 0.1) is 12.3 Å². The lowest BCUT2D eigenvalue weighted by Gasteiger charge is -2.19. The van der Waals surface area contributed by atoms with E-state index in [9.17, 15) is 19.2 Å². The summed E-state index contributed by atoms with van der Waals surface area (Å²) in [5, 5.41) is 4.77. The summed E-state index contributed by atoms with van der Waals surface area (Å²) in [5.41, 5.74) is 0.169. The lowest BCUT2D eigenvalue weighted by atomic mass is 9.98. The minimum absolute atomic E-state index is 0.0971. The Kier molecular flexibility index (Phi) is 3.88. The Labute approximate surface area is 137 Å². The van der Waals surface area contributed by atoms with Gasteiger partial charge in [0.25, 0.3) is 5.91 Å². The SMILES string of the molecule is CCOC(=O)C1=NN(C(C)=O)C2C(=O)N(c3ccccc3)C(=O)C12. The molecular formula is C16H15N3O5. The van der Waals surface area contributed by atoms with Crippen LogP contribution >= 0.6 is 0 Å². The fourth-order valence-corrected chi connectivity index (χ4v) is 2.88. The van der Waals surface area contributed by atoms with Crippen molar-refractivity contribution in [2.24, 2.45) is 11.0 Å². The standard InChI is InChI=1S/C16H15N3O5/c1-3-24-16(23)12-11-13(19(17-12)9(2)20)15(22)18(14(11)21)10-7-5-4-6-8-10/h4-8,11,13H,3H2,1-2H3. The van der Waals surface area contributed by atoms with Crippen LogP contribution in [-0.4, -0.2) is 47.1 Å². The van der Waals surface area contributed by atoms with Crippen LogP contribution in [0.5, 0.6) is 0 Å².